The van der Waals surface area contributed by atoms with Crippen molar-refractivity contribution in [2.75, 3.05) is 0 Å². The number of furan rings is 1. The molecule has 3 nitrogen and oxygen atoms in total. The SMILES string of the molecule is Cc1cc(C(=O)c2ccc[nH]2)c(C)o1. The van der Waals surface area contributed by atoms with E-state index < -0.39 is 0 Å². The Hall–Kier alpha value is -1.77. The Labute approximate surface area is 81.7 Å². The van der Waals surface area contributed by atoms with Gasteiger partial charge in [0, 0.05) is 6.20 Å². The van der Waals surface area contributed by atoms with Gasteiger partial charge in [0.05, 0.1) is 11.3 Å². The molecule has 2 heterocycles. The zero-order valence-electron chi connectivity index (χ0n) is 8.13. The number of aromatic amines is 1. The predicted octanol–water partition coefficient (Wildman–Crippen LogP) is 2.46. The van der Waals surface area contributed by atoms with E-state index >= 15 is 0 Å². The summed E-state index contributed by atoms with van der Waals surface area (Å²) < 4.78 is 5.30. The second kappa shape index (κ2) is 3.18. The number of ketones is 1. The van der Waals surface area contributed by atoms with Crippen LogP contribution in [-0.2, 0) is 0 Å². The van der Waals surface area contributed by atoms with Crippen LogP contribution in [0.1, 0.15) is 27.6 Å². The van der Waals surface area contributed by atoms with Crippen LogP contribution in [0.2, 0.25) is 0 Å². The molecule has 0 amide bonds. The van der Waals surface area contributed by atoms with Gasteiger partial charge in [-0.15, -0.1) is 0 Å². The summed E-state index contributed by atoms with van der Waals surface area (Å²) in [5.74, 6) is 1.41. The van der Waals surface area contributed by atoms with Gasteiger partial charge in [-0.1, -0.05) is 0 Å². The van der Waals surface area contributed by atoms with Crippen LogP contribution in [0.15, 0.2) is 28.8 Å². The van der Waals surface area contributed by atoms with E-state index in [1.54, 1.807) is 31.3 Å². The normalized spacial score (nSPS) is 10.4. The Morgan fingerprint density at radius 1 is 1.43 bits per heavy atom. The van der Waals surface area contributed by atoms with Gasteiger partial charge in [0.1, 0.15) is 11.5 Å². The summed E-state index contributed by atoms with van der Waals surface area (Å²) in [6, 6.07) is 5.32. The Morgan fingerprint density at radius 3 is 2.71 bits per heavy atom. The third kappa shape index (κ3) is 1.37. The molecule has 0 fully saturated rings. The van der Waals surface area contributed by atoms with Crippen LogP contribution >= 0.6 is 0 Å². The lowest BCUT2D eigenvalue weighted by molar-refractivity contribution is 0.103. The maximum Gasteiger partial charge on any atom is 0.212 e. The van der Waals surface area contributed by atoms with Crippen molar-refractivity contribution in [3.8, 4) is 0 Å². The topological polar surface area (TPSA) is 46.0 Å². The summed E-state index contributed by atoms with van der Waals surface area (Å²) in [6.45, 7) is 3.63. The summed E-state index contributed by atoms with van der Waals surface area (Å²) in [6.07, 6.45) is 1.73. The van der Waals surface area contributed by atoms with Gasteiger partial charge in [0.2, 0.25) is 5.78 Å². The summed E-state index contributed by atoms with van der Waals surface area (Å²) in [5.41, 5.74) is 1.22. The molecule has 0 bridgehead atoms. The average Bonchev–Trinajstić information content (AvgIpc) is 2.73. The van der Waals surface area contributed by atoms with E-state index in [9.17, 15) is 4.79 Å². The largest absolute Gasteiger partial charge is 0.466 e. The molecule has 2 aromatic rings. The fourth-order valence-corrected chi connectivity index (χ4v) is 1.47. The molecular weight excluding hydrogens is 178 g/mol. The summed E-state index contributed by atoms with van der Waals surface area (Å²) in [4.78, 5) is 14.7. The third-order valence-electron chi connectivity index (χ3n) is 2.13. The number of hydrogen-bond acceptors (Lipinski definition) is 2. The van der Waals surface area contributed by atoms with Crippen molar-refractivity contribution in [2.45, 2.75) is 13.8 Å². The van der Waals surface area contributed by atoms with Crippen LogP contribution in [0.3, 0.4) is 0 Å². The minimum absolute atomic E-state index is 0.0237. The molecule has 0 saturated heterocycles. The smallest absolute Gasteiger partial charge is 0.212 e. The Morgan fingerprint density at radius 2 is 2.21 bits per heavy atom. The van der Waals surface area contributed by atoms with E-state index in [0.29, 0.717) is 17.0 Å². The van der Waals surface area contributed by atoms with Crippen LogP contribution in [0, 0.1) is 13.8 Å². The van der Waals surface area contributed by atoms with E-state index in [0.717, 1.165) is 5.76 Å². The lowest BCUT2D eigenvalue weighted by Gasteiger charge is -1.94. The molecule has 2 rings (SSSR count). The maximum atomic E-state index is 11.9. The van der Waals surface area contributed by atoms with Gasteiger partial charge < -0.3 is 9.40 Å². The number of aryl methyl sites for hydroxylation is 2. The summed E-state index contributed by atoms with van der Waals surface area (Å²) >= 11 is 0. The van der Waals surface area contributed by atoms with Gasteiger partial charge in [-0.05, 0) is 32.0 Å². The quantitative estimate of drug-likeness (QED) is 0.737. The molecular formula is C11H11NO2. The van der Waals surface area contributed by atoms with Gasteiger partial charge in [-0.2, -0.15) is 0 Å². The Bertz CT molecular complexity index is 452. The molecule has 0 aliphatic carbocycles. The van der Waals surface area contributed by atoms with E-state index in [1.165, 1.54) is 0 Å². The van der Waals surface area contributed by atoms with Gasteiger partial charge in [0.15, 0.2) is 0 Å². The van der Waals surface area contributed by atoms with Gasteiger partial charge >= 0.3 is 0 Å². The number of hydrogen-bond donors (Lipinski definition) is 1. The minimum atomic E-state index is -0.0237. The van der Waals surface area contributed by atoms with E-state index in [-0.39, 0.29) is 5.78 Å². The highest BCUT2D eigenvalue weighted by Gasteiger charge is 2.15. The van der Waals surface area contributed by atoms with Gasteiger partial charge in [0.25, 0.3) is 0 Å². The van der Waals surface area contributed by atoms with E-state index in [4.69, 9.17) is 4.42 Å². The molecule has 2 aromatic heterocycles. The highest BCUT2D eigenvalue weighted by molar-refractivity contribution is 6.08. The van der Waals surface area contributed by atoms with Crippen LogP contribution in [0.5, 0.6) is 0 Å². The van der Waals surface area contributed by atoms with E-state index in [1.807, 2.05) is 6.92 Å². The molecule has 1 N–H and O–H groups in total. The van der Waals surface area contributed by atoms with Crippen LogP contribution in [0.4, 0.5) is 0 Å². The van der Waals surface area contributed by atoms with Crippen molar-refractivity contribution < 1.29 is 9.21 Å². The maximum absolute atomic E-state index is 11.9. The molecule has 0 radical (unpaired) electrons. The fourth-order valence-electron chi connectivity index (χ4n) is 1.47. The first-order valence-corrected chi connectivity index (χ1v) is 4.43. The van der Waals surface area contributed by atoms with Crippen molar-refractivity contribution in [1.82, 2.24) is 4.98 Å². The first-order chi connectivity index (χ1) is 6.68. The lowest BCUT2D eigenvalue weighted by Crippen LogP contribution is -2.01. The molecule has 0 atom stereocenters. The highest BCUT2D eigenvalue weighted by atomic mass is 16.3. The number of carbonyl (C=O) groups excluding carboxylic acids is 1. The number of rotatable bonds is 2. The number of aromatic nitrogens is 1. The first kappa shape index (κ1) is 8.81. The minimum Gasteiger partial charge on any atom is -0.466 e. The third-order valence-corrected chi connectivity index (χ3v) is 2.13. The van der Waals surface area contributed by atoms with Gasteiger partial charge in [-0.3, -0.25) is 4.79 Å². The molecule has 3 heteroatoms. The fraction of sp³-hybridized carbons (Fsp3) is 0.182. The lowest BCUT2D eigenvalue weighted by atomic mass is 10.1. The van der Waals surface area contributed by atoms with Crippen molar-refractivity contribution in [3.63, 3.8) is 0 Å². The van der Waals surface area contributed by atoms with Crippen molar-refractivity contribution >= 4 is 5.78 Å². The number of H-pyrrole nitrogens is 1. The van der Waals surface area contributed by atoms with Crippen LogP contribution in [0.25, 0.3) is 0 Å². The predicted molar refractivity (Wildman–Crippen MR) is 52.4 cm³/mol. The number of carbonyl (C=O) groups is 1. The second-order valence-corrected chi connectivity index (χ2v) is 3.24. The number of nitrogens with one attached hydrogen (secondary N) is 1. The molecule has 0 unspecified atom stereocenters. The molecule has 0 aliphatic heterocycles. The standard InChI is InChI=1S/C11H11NO2/c1-7-6-9(8(2)14-7)11(13)10-4-3-5-12-10/h3-6,12H,1-2H3. The molecule has 0 spiro atoms. The van der Waals surface area contributed by atoms with Crippen molar-refractivity contribution in [1.29, 1.82) is 0 Å². The molecule has 0 aliphatic rings. The van der Waals surface area contributed by atoms with Crippen molar-refractivity contribution in [3.05, 3.63) is 47.2 Å². The second-order valence-electron chi connectivity index (χ2n) is 3.24. The van der Waals surface area contributed by atoms with E-state index in [2.05, 4.69) is 4.98 Å². The first-order valence-electron chi connectivity index (χ1n) is 4.43. The molecule has 14 heavy (non-hydrogen) atoms. The summed E-state index contributed by atoms with van der Waals surface area (Å²) in [7, 11) is 0. The highest BCUT2D eigenvalue weighted by Crippen LogP contribution is 2.16. The van der Waals surface area contributed by atoms with Crippen molar-refractivity contribution in [2.24, 2.45) is 0 Å². The Kier molecular flexibility index (Phi) is 2.00. The average molecular weight is 189 g/mol. The molecule has 0 aromatic carbocycles. The zero-order chi connectivity index (χ0) is 10.1. The Balaban J connectivity index is 2.41. The van der Waals surface area contributed by atoms with Crippen LogP contribution < -0.4 is 0 Å². The van der Waals surface area contributed by atoms with Gasteiger partial charge in [-0.25, -0.2) is 0 Å². The monoisotopic (exact) mass is 189 g/mol. The summed E-state index contributed by atoms with van der Waals surface area (Å²) in [5, 5.41) is 0. The zero-order valence-corrected chi connectivity index (χ0v) is 8.13. The molecule has 0 saturated carbocycles. The van der Waals surface area contributed by atoms with Crippen LogP contribution in [-0.4, -0.2) is 10.8 Å². The molecule has 72 valence electrons.